The number of hydrogen-bond acceptors (Lipinski definition) is 10. The average molecular weight is 936 g/mol. The van der Waals surface area contributed by atoms with E-state index in [1.165, 1.54) is 135 Å². The van der Waals surface area contributed by atoms with Crippen molar-refractivity contribution in [3.8, 4) is 0 Å². The molecule has 11 nitrogen and oxygen atoms in total. The van der Waals surface area contributed by atoms with E-state index in [0.29, 0.717) is 25.9 Å². The van der Waals surface area contributed by atoms with Gasteiger partial charge in [0, 0.05) is 12.8 Å². The summed E-state index contributed by atoms with van der Waals surface area (Å²) in [5, 5.41) is 54.0. The summed E-state index contributed by atoms with van der Waals surface area (Å²) in [5.41, 5.74) is 0. The van der Waals surface area contributed by atoms with Gasteiger partial charge in [0.05, 0.1) is 32.0 Å². The molecule has 7 unspecified atom stereocenters. The van der Waals surface area contributed by atoms with Crippen LogP contribution in [0, 0.1) is 0 Å². The minimum absolute atomic E-state index is 0.0223. The molecule has 1 aliphatic rings. The lowest BCUT2D eigenvalue weighted by atomic mass is 9.99. The lowest BCUT2D eigenvalue weighted by Crippen LogP contribution is -2.60. The van der Waals surface area contributed by atoms with Crippen LogP contribution in [0.5, 0.6) is 0 Å². The van der Waals surface area contributed by atoms with Crippen LogP contribution in [0.1, 0.15) is 239 Å². The maximum absolute atomic E-state index is 13.0. The van der Waals surface area contributed by atoms with Crippen LogP contribution in [-0.4, -0.2) is 100 Å². The van der Waals surface area contributed by atoms with E-state index >= 15 is 0 Å². The largest absolute Gasteiger partial charge is 0.466 e. The zero-order chi connectivity index (χ0) is 48.1. The van der Waals surface area contributed by atoms with E-state index in [9.17, 15) is 35.1 Å². The highest BCUT2D eigenvalue weighted by Gasteiger charge is 2.44. The molecule has 66 heavy (non-hydrogen) atoms. The maximum atomic E-state index is 13.0. The Morgan fingerprint density at radius 3 is 1.50 bits per heavy atom. The summed E-state index contributed by atoms with van der Waals surface area (Å²) >= 11 is 0. The molecule has 1 amide bonds. The average Bonchev–Trinajstić information content (AvgIpc) is 3.31. The zero-order valence-corrected chi connectivity index (χ0v) is 42.2. The van der Waals surface area contributed by atoms with E-state index in [4.69, 9.17) is 14.2 Å². The summed E-state index contributed by atoms with van der Waals surface area (Å²) in [7, 11) is 0. The fourth-order valence-electron chi connectivity index (χ4n) is 8.47. The molecule has 6 N–H and O–H groups in total. The number of esters is 1. The second-order valence-corrected chi connectivity index (χ2v) is 18.9. The Balaban J connectivity index is 2.08. The van der Waals surface area contributed by atoms with E-state index in [0.717, 1.165) is 70.6 Å². The Morgan fingerprint density at radius 2 is 1.02 bits per heavy atom. The monoisotopic (exact) mass is 936 g/mol. The van der Waals surface area contributed by atoms with Crippen LogP contribution in [-0.2, 0) is 23.8 Å². The molecule has 1 heterocycles. The third-order valence-corrected chi connectivity index (χ3v) is 12.8. The molecular formula is C55H101NO10. The number of carbonyl (C=O) groups excluding carboxylic acids is 2. The van der Waals surface area contributed by atoms with Crippen molar-refractivity contribution in [1.82, 2.24) is 5.32 Å². The summed E-state index contributed by atoms with van der Waals surface area (Å²) < 4.78 is 16.6. The smallest absolute Gasteiger partial charge is 0.305 e. The number of aliphatic hydroxyl groups excluding tert-OH is 5. The number of allylic oxidation sites excluding steroid dienone is 5. The van der Waals surface area contributed by atoms with Crippen molar-refractivity contribution in [2.24, 2.45) is 0 Å². The lowest BCUT2D eigenvalue weighted by molar-refractivity contribution is -0.302. The van der Waals surface area contributed by atoms with Crippen LogP contribution in [0.25, 0.3) is 0 Å². The molecular weight excluding hydrogens is 835 g/mol. The first-order chi connectivity index (χ1) is 32.2. The quantitative estimate of drug-likeness (QED) is 0.0196. The molecule has 0 saturated carbocycles. The van der Waals surface area contributed by atoms with Crippen LogP contribution in [0.2, 0.25) is 0 Å². The molecule has 386 valence electrons. The summed E-state index contributed by atoms with van der Waals surface area (Å²) in [6, 6.07) is -0.841. The molecule has 0 aromatic heterocycles. The number of amides is 1. The Hall–Kier alpha value is -2.12. The van der Waals surface area contributed by atoms with Gasteiger partial charge in [-0.15, -0.1) is 0 Å². The molecule has 0 radical (unpaired) electrons. The van der Waals surface area contributed by atoms with Crippen molar-refractivity contribution in [1.29, 1.82) is 0 Å². The van der Waals surface area contributed by atoms with Crippen molar-refractivity contribution in [3.63, 3.8) is 0 Å². The van der Waals surface area contributed by atoms with Crippen molar-refractivity contribution in [2.45, 2.75) is 281 Å². The molecule has 11 heteroatoms. The van der Waals surface area contributed by atoms with Gasteiger partial charge in [-0.2, -0.15) is 0 Å². The first-order valence-electron chi connectivity index (χ1n) is 27.2. The number of aliphatic hydroxyl groups is 5. The fraction of sp³-hybridized carbons (Fsp3) is 0.855. The molecule has 7 atom stereocenters. The topological polar surface area (TPSA) is 175 Å². The molecule has 0 spiro atoms. The number of ether oxygens (including phenoxy) is 3. The summed E-state index contributed by atoms with van der Waals surface area (Å²) in [6.45, 7) is 4.05. The van der Waals surface area contributed by atoms with E-state index in [-0.39, 0.29) is 18.5 Å². The first kappa shape index (κ1) is 61.9. The molecule has 1 fully saturated rings. The van der Waals surface area contributed by atoms with Crippen LogP contribution < -0.4 is 5.32 Å². The summed E-state index contributed by atoms with van der Waals surface area (Å²) in [4.78, 5) is 25.0. The zero-order valence-electron chi connectivity index (χ0n) is 42.2. The molecule has 0 aromatic rings. The van der Waals surface area contributed by atoms with Crippen molar-refractivity contribution in [3.05, 3.63) is 36.5 Å². The molecule has 1 saturated heterocycles. The number of carbonyl (C=O) groups is 2. The maximum Gasteiger partial charge on any atom is 0.305 e. The highest BCUT2D eigenvalue weighted by Crippen LogP contribution is 2.23. The van der Waals surface area contributed by atoms with Gasteiger partial charge in [-0.1, -0.05) is 210 Å². The molecule has 0 bridgehead atoms. The van der Waals surface area contributed by atoms with Gasteiger partial charge in [0.25, 0.3) is 0 Å². The molecule has 0 aliphatic carbocycles. The van der Waals surface area contributed by atoms with Gasteiger partial charge in [0.1, 0.15) is 24.4 Å². The highest BCUT2D eigenvalue weighted by atomic mass is 16.7. The predicted octanol–water partition coefficient (Wildman–Crippen LogP) is 11.6. The second-order valence-electron chi connectivity index (χ2n) is 18.9. The standard InChI is InChI=1S/C55H101NO10/c1-3-5-7-9-11-13-14-15-16-20-23-27-31-35-39-43-51(60)64-44-40-36-32-28-24-21-18-17-19-22-26-30-34-38-42-50(59)56-47(48(58)41-37-33-29-25-12-10-8-6-4-2)46-65-55-54(63)53(62)52(61)49(45-57)66-55/h4,6,12,25,37,41,47-49,52-55,57-58,61-63H,3,5,7-11,13-24,26-36,38-40,42-46H2,1-2H3,(H,56,59)/b6-4+,25-12+,41-37+. The Morgan fingerprint density at radius 1 is 0.576 bits per heavy atom. The summed E-state index contributed by atoms with van der Waals surface area (Å²) in [5.74, 6) is -0.232. The van der Waals surface area contributed by atoms with Gasteiger partial charge in [-0.3, -0.25) is 9.59 Å². The van der Waals surface area contributed by atoms with E-state index in [1.54, 1.807) is 6.08 Å². The third kappa shape index (κ3) is 35.1. The van der Waals surface area contributed by atoms with Crippen LogP contribution in [0.4, 0.5) is 0 Å². The van der Waals surface area contributed by atoms with E-state index in [2.05, 4.69) is 30.5 Å². The van der Waals surface area contributed by atoms with Crippen LogP contribution in [0.3, 0.4) is 0 Å². The van der Waals surface area contributed by atoms with Crippen molar-refractivity contribution >= 4 is 11.9 Å². The summed E-state index contributed by atoms with van der Waals surface area (Å²) in [6.07, 6.45) is 44.0. The van der Waals surface area contributed by atoms with E-state index in [1.807, 2.05) is 19.1 Å². The van der Waals surface area contributed by atoms with Gasteiger partial charge in [0.15, 0.2) is 6.29 Å². The van der Waals surface area contributed by atoms with Gasteiger partial charge >= 0.3 is 5.97 Å². The minimum Gasteiger partial charge on any atom is -0.466 e. The first-order valence-corrected chi connectivity index (χ1v) is 27.2. The fourth-order valence-corrected chi connectivity index (χ4v) is 8.47. The van der Waals surface area contributed by atoms with Gasteiger partial charge < -0.3 is 45.1 Å². The lowest BCUT2D eigenvalue weighted by Gasteiger charge is -2.40. The van der Waals surface area contributed by atoms with Gasteiger partial charge in [-0.05, 0) is 51.9 Å². The van der Waals surface area contributed by atoms with Crippen LogP contribution in [0.15, 0.2) is 36.5 Å². The minimum atomic E-state index is -1.58. The normalized spacial score (nSPS) is 19.9. The Kier molecular flexibility index (Phi) is 42.5. The predicted molar refractivity (Wildman–Crippen MR) is 269 cm³/mol. The third-order valence-electron chi connectivity index (χ3n) is 12.8. The highest BCUT2D eigenvalue weighted by molar-refractivity contribution is 5.76. The SMILES string of the molecule is C/C=C/CC/C=C/CC/C=C/C(O)C(COC1OC(CO)C(O)C(O)C1O)NC(=O)CCCCCCCCCCCCCCCCOC(=O)CCCCCCCCCCCCCCCCC. The van der Waals surface area contributed by atoms with Gasteiger partial charge in [-0.25, -0.2) is 0 Å². The Bertz CT molecular complexity index is 1190. The molecule has 0 aromatic carbocycles. The Labute approximate surface area is 403 Å². The second kappa shape index (κ2) is 45.3. The van der Waals surface area contributed by atoms with Gasteiger partial charge in [0.2, 0.25) is 5.91 Å². The number of hydrogen-bond donors (Lipinski definition) is 6. The van der Waals surface area contributed by atoms with Crippen molar-refractivity contribution in [2.75, 3.05) is 19.8 Å². The van der Waals surface area contributed by atoms with Crippen molar-refractivity contribution < 1.29 is 49.3 Å². The molecule has 1 aliphatic heterocycles. The number of nitrogens with one attached hydrogen (secondary N) is 1. The number of unbranched alkanes of at least 4 members (excludes halogenated alkanes) is 29. The molecule has 1 rings (SSSR count). The number of rotatable bonds is 46. The van der Waals surface area contributed by atoms with Crippen LogP contribution >= 0.6 is 0 Å². The van der Waals surface area contributed by atoms with E-state index < -0.39 is 49.5 Å².